The molecule has 0 aliphatic carbocycles. The van der Waals surface area contributed by atoms with E-state index < -0.39 is 10.0 Å². The Morgan fingerprint density at radius 1 is 1.38 bits per heavy atom. The summed E-state index contributed by atoms with van der Waals surface area (Å²) < 4.78 is 28.1. The van der Waals surface area contributed by atoms with Crippen LogP contribution in [0.2, 0.25) is 0 Å². The minimum absolute atomic E-state index is 0.256. The molecule has 2 aromatic rings. The molecule has 1 saturated heterocycles. The number of aromatic nitrogens is 1. The van der Waals surface area contributed by atoms with E-state index in [1.807, 2.05) is 19.1 Å². The highest BCUT2D eigenvalue weighted by molar-refractivity contribution is 7.89. The fourth-order valence-corrected chi connectivity index (χ4v) is 4.56. The maximum atomic E-state index is 12.7. The summed E-state index contributed by atoms with van der Waals surface area (Å²) in [4.78, 5) is 6.92. The van der Waals surface area contributed by atoms with Crippen LogP contribution in [-0.2, 0) is 10.0 Å². The first-order valence-corrected chi connectivity index (χ1v) is 10.0. The van der Waals surface area contributed by atoms with E-state index in [2.05, 4.69) is 21.5 Å². The van der Waals surface area contributed by atoms with Crippen LogP contribution < -0.4 is 4.72 Å². The van der Waals surface area contributed by atoms with E-state index in [-0.39, 0.29) is 4.90 Å². The number of hydrogen-bond acceptors (Lipinski definition) is 4. The quantitative estimate of drug-likeness (QED) is 0.903. The molecule has 2 heterocycles. The van der Waals surface area contributed by atoms with Gasteiger partial charge in [0.2, 0.25) is 10.0 Å². The summed E-state index contributed by atoms with van der Waals surface area (Å²) in [6.07, 6.45) is 4.17. The van der Waals surface area contributed by atoms with Crippen LogP contribution in [0.3, 0.4) is 0 Å². The number of hydrogen-bond donors (Lipinski definition) is 1. The fraction of sp³-hybridized carbons (Fsp3) is 0.500. The summed E-state index contributed by atoms with van der Waals surface area (Å²) in [6.45, 7) is 7.49. The Morgan fingerprint density at radius 3 is 3.00 bits per heavy atom. The molecular formula is C18H25N3O2S. The third-order valence-corrected chi connectivity index (χ3v) is 6.05. The predicted molar refractivity (Wildman–Crippen MR) is 96.5 cm³/mol. The highest BCUT2D eigenvalue weighted by Crippen LogP contribution is 2.21. The van der Waals surface area contributed by atoms with Gasteiger partial charge in [-0.1, -0.05) is 19.1 Å². The van der Waals surface area contributed by atoms with Crippen molar-refractivity contribution >= 4 is 20.9 Å². The highest BCUT2D eigenvalue weighted by Gasteiger charge is 2.20. The first-order valence-electron chi connectivity index (χ1n) is 8.53. The molecule has 1 aromatic carbocycles. The average Bonchev–Trinajstić information content (AvgIpc) is 2.54. The normalized spacial score (nSPS) is 19.7. The van der Waals surface area contributed by atoms with Crippen molar-refractivity contribution in [2.75, 3.05) is 26.2 Å². The summed E-state index contributed by atoms with van der Waals surface area (Å²) in [5, 5.41) is 0.850. The van der Waals surface area contributed by atoms with Gasteiger partial charge < -0.3 is 4.90 Å². The van der Waals surface area contributed by atoms with Crippen LogP contribution in [0.1, 0.15) is 25.3 Å². The Hall–Kier alpha value is -1.50. The van der Waals surface area contributed by atoms with Gasteiger partial charge in [0.15, 0.2) is 0 Å². The molecule has 0 unspecified atom stereocenters. The van der Waals surface area contributed by atoms with Gasteiger partial charge in [-0.2, -0.15) is 0 Å². The van der Waals surface area contributed by atoms with Crippen LogP contribution in [0.5, 0.6) is 0 Å². The first-order chi connectivity index (χ1) is 11.5. The molecule has 0 spiro atoms. The van der Waals surface area contributed by atoms with Crippen molar-refractivity contribution in [3.8, 4) is 0 Å². The van der Waals surface area contributed by atoms with Gasteiger partial charge in [0.25, 0.3) is 0 Å². The second-order valence-corrected chi connectivity index (χ2v) is 8.52. The van der Waals surface area contributed by atoms with Crippen molar-refractivity contribution < 1.29 is 8.42 Å². The van der Waals surface area contributed by atoms with Crippen molar-refractivity contribution in [2.24, 2.45) is 5.92 Å². The van der Waals surface area contributed by atoms with Crippen molar-refractivity contribution in [3.05, 3.63) is 36.0 Å². The van der Waals surface area contributed by atoms with Crippen LogP contribution in [0.4, 0.5) is 0 Å². The van der Waals surface area contributed by atoms with E-state index in [1.54, 1.807) is 18.3 Å². The summed E-state index contributed by atoms with van der Waals surface area (Å²) in [6, 6.07) is 7.24. The molecule has 1 aliphatic rings. The number of piperidine rings is 1. The molecule has 24 heavy (non-hydrogen) atoms. The van der Waals surface area contributed by atoms with Gasteiger partial charge in [-0.15, -0.1) is 0 Å². The molecule has 1 N–H and O–H groups in total. The van der Waals surface area contributed by atoms with Crippen molar-refractivity contribution in [1.29, 1.82) is 0 Å². The third-order valence-electron chi connectivity index (χ3n) is 4.56. The number of nitrogens with one attached hydrogen (secondary N) is 1. The number of aryl methyl sites for hydroxylation is 1. The molecule has 1 aromatic heterocycles. The van der Waals surface area contributed by atoms with E-state index in [4.69, 9.17) is 0 Å². The number of sulfonamides is 1. The molecule has 0 saturated carbocycles. The molecule has 1 fully saturated rings. The minimum atomic E-state index is -3.55. The minimum Gasteiger partial charge on any atom is -0.302 e. The number of pyridine rings is 1. The molecule has 1 atom stereocenters. The number of para-hydroxylation sites is 1. The fourth-order valence-electron chi connectivity index (χ4n) is 3.37. The molecule has 5 nitrogen and oxygen atoms in total. The van der Waals surface area contributed by atoms with E-state index in [1.165, 1.54) is 12.8 Å². The van der Waals surface area contributed by atoms with Gasteiger partial charge in [-0.3, -0.25) is 4.98 Å². The second kappa shape index (κ2) is 7.17. The number of nitrogens with zero attached hydrogens (tertiary/aromatic N) is 2. The Labute approximate surface area is 144 Å². The maximum Gasteiger partial charge on any atom is 0.242 e. The lowest BCUT2D eigenvalue weighted by atomic mass is 10.0. The van der Waals surface area contributed by atoms with Crippen molar-refractivity contribution in [3.63, 3.8) is 0 Å². The number of rotatable bonds is 5. The molecule has 6 heteroatoms. The third kappa shape index (κ3) is 3.94. The zero-order valence-corrected chi connectivity index (χ0v) is 15.1. The molecule has 0 amide bonds. The van der Waals surface area contributed by atoms with E-state index >= 15 is 0 Å². The summed E-state index contributed by atoms with van der Waals surface area (Å²) >= 11 is 0. The number of fused-ring (bicyclic) bond motifs is 1. The SMILES string of the molecule is Cc1cnc2c(S(=O)(=O)NCCN3CCC[C@H](C)C3)cccc2c1. The summed E-state index contributed by atoms with van der Waals surface area (Å²) in [5.74, 6) is 0.695. The highest BCUT2D eigenvalue weighted by atomic mass is 32.2. The van der Waals surface area contributed by atoms with Gasteiger partial charge in [-0.05, 0) is 49.9 Å². The molecule has 1 aliphatic heterocycles. The van der Waals surface area contributed by atoms with Crippen LogP contribution in [0, 0.1) is 12.8 Å². The van der Waals surface area contributed by atoms with Gasteiger partial charge >= 0.3 is 0 Å². The Kier molecular flexibility index (Phi) is 5.18. The van der Waals surface area contributed by atoms with Gasteiger partial charge in [-0.25, -0.2) is 13.1 Å². The maximum absolute atomic E-state index is 12.7. The smallest absolute Gasteiger partial charge is 0.242 e. The number of likely N-dealkylation sites (tertiary alicyclic amines) is 1. The standard InChI is InChI=1S/C18H25N3O2S/c1-14-5-4-9-21(13-14)10-8-20-24(22,23)17-7-3-6-16-11-15(2)12-19-18(16)17/h3,6-7,11-12,14,20H,4-5,8-10,13H2,1-2H3/t14-/m0/s1. The number of benzene rings is 1. The Morgan fingerprint density at radius 2 is 2.21 bits per heavy atom. The van der Waals surface area contributed by atoms with Crippen LogP contribution in [0.25, 0.3) is 10.9 Å². The molecule has 0 radical (unpaired) electrons. The zero-order valence-electron chi connectivity index (χ0n) is 14.3. The second-order valence-electron chi connectivity index (χ2n) is 6.79. The largest absolute Gasteiger partial charge is 0.302 e. The molecule has 130 valence electrons. The predicted octanol–water partition coefficient (Wildman–Crippen LogP) is 2.55. The molecule has 0 bridgehead atoms. The molecule has 3 rings (SSSR count). The Bertz CT molecular complexity index is 820. The lowest BCUT2D eigenvalue weighted by Crippen LogP contribution is -2.40. The van der Waals surface area contributed by atoms with Crippen LogP contribution >= 0.6 is 0 Å². The lowest BCUT2D eigenvalue weighted by Gasteiger charge is -2.30. The van der Waals surface area contributed by atoms with E-state index in [0.717, 1.165) is 30.6 Å². The van der Waals surface area contributed by atoms with Crippen molar-refractivity contribution in [2.45, 2.75) is 31.6 Å². The topological polar surface area (TPSA) is 62.3 Å². The molecular weight excluding hydrogens is 322 g/mol. The van der Waals surface area contributed by atoms with Crippen molar-refractivity contribution in [1.82, 2.24) is 14.6 Å². The van der Waals surface area contributed by atoms with E-state index in [9.17, 15) is 8.42 Å². The van der Waals surface area contributed by atoms with Gasteiger partial charge in [0, 0.05) is 31.2 Å². The van der Waals surface area contributed by atoms with Gasteiger partial charge in [0.05, 0.1) is 5.52 Å². The average molecular weight is 347 g/mol. The summed E-state index contributed by atoms with van der Waals surface area (Å²) in [5.41, 5.74) is 1.55. The van der Waals surface area contributed by atoms with Crippen LogP contribution in [0.15, 0.2) is 35.4 Å². The Balaban J connectivity index is 1.71. The monoisotopic (exact) mass is 347 g/mol. The van der Waals surface area contributed by atoms with E-state index in [0.29, 0.717) is 18.0 Å². The zero-order chi connectivity index (χ0) is 17.2. The lowest BCUT2D eigenvalue weighted by molar-refractivity contribution is 0.187. The van der Waals surface area contributed by atoms with Crippen LogP contribution in [-0.4, -0.2) is 44.5 Å². The first kappa shape index (κ1) is 17.3. The van der Waals surface area contributed by atoms with Gasteiger partial charge in [0.1, 0.15) is 4.90 Å². The summed E-state index contributed by atoms with van der Waals surface area (Å²) in [7, 11) is -3.55.